The Labute approximate surface area is 145 Å². The highest BCUT2D eigenvalue weighted by Crippen LogP contribution is 2.24. The summed E-state index contributed by atoms with van der Waals surface area (Å²) >= 11 is 0. The third kappa shape index (κ3) is 4.60. The Balaban J connectivity index is 2.22. The van der Waals surface area contributed by atoms with E-state index in [0.717, 1.165) is 34.4 Å². The molecule has 1 amide bonds. The molecule has 1 atom stereocenters. The highest BCUT2D eigenvalue weighted by Gasteiger charge is 2.18. The molecular formula is C21H27NO2. The largest absolute Gasteiger partial charge is 0.497 e. The molecule has 0 radical (unpaired) electrons. The maximum absolute atomic E-state index is 12.7. The molecule has 128 valence electrons. The van der Waals surface area contributed by atoms with Gasteiger partial charge < -0.3 is 10.1 Å². The fraction of sp³-hybridized carbons (Fsp3) is 0.381. The third-order valence-corrected chi connectivity index (χ3v) is 4.16. The van der Waals surface area contributed by atoms with Crippen molar-refractivity contribution in [2.24, 2.45) is 5.92 Å². The summed E-state index contributed by atoms with van der Waals surface area (Å²) < 4.78 is 5.22. The number of aryl methyl sites for hydroxylation is 2. The zero-order chi connectivity index (χ0) is 17.7. The van der Waals surface area contributed by atoms with E-state index in [1.54, 1.807) is 7.11 Å². The van der Waals surface area contributed by atoms with Crippen molar-refractivity contribution >= 4 is 5.91 Å². The van der Waals surface area contributed by atoms with Gasteiger partial charge in [-0.2, -0.15) is 0 Å². The minimum Gasteiger partial charge on any atom is -0.497 e. The molecule has 0 heterocycles. The van der Waals surface area contributed by atoms with E-state index in [4.69, 9.17) is 4.74 Å². The third-order valence-electron chi connectivity index (χ3n) is 4.16. The lowest BCUT2D eigenvalue weighted by molar-refractivity contribution is 0.0931. The first-order valence-electron chi connectivity index (χ1n) is 8.42. The van der Waals surface area contributed by atoms with E-state index in [-0.39, 0.29) is 11.9 Å². The van der Waals surface area contributed by atoms with Gasteiger partial charge >= 0.3 is 0 Å². The van der Waals surface area contributed by atoms with Gasteiger partial charge in [0.15, 0.2) is 0 Å². The van der Waals surface area contributed by atoms with E-state index in [1.165, 1.54) is 0 Å². The van der Waals surface area contributed by atoms with Crippen LogP contribution in [0.5, 0.6) is 5.75 Å². The Morgan fingerprint density at radius 1 is 1.08 bits per heavy atom. The van der Waals surface area contributed by atoms with Crippen LogP contribution in [-0.2, 0) is 0 Å². The Hall–Kier alpha value is -2.29. The van der Waals surface area contributed by atoms with Crippen molar-refractivity contribution in [2.75, 3.05) is 7.11 Å². The first kappa shape index (κ1) is 18.1. The van der Waals surface area contributed by atoms with Crippen LogP contribution in [0.25, 0.3) is 0 Å². The molecule has 3 nitrogen and oxygen atoms in total. The molecule has 0 spiro atoms. The summed E-state index contributed by atoms with van der Waals surface area (Å²) in [6.45, 7) is 8.35. The van der Waals surface area contributed by atoms with Gasteiger partial charge in [-0.15, -0.1) is 0 Å². The Morgan fingerprint density at radius 2 is 1.75 bits per heavy atom. The van der Waals surface area contributed by atoms with Crippen LogP contribution in [0.3, 0.4) is 0 Å². The van der Waals surface area contributed by atoms with E-state index in [0.29, 0.717) is 5.92 Å². The van der Waals surface area contributed by atoms with Crippen molar-refractivity contribution < 1.29 is 9.53 Å². The predicted octanol–water partition coefficient (Wildman–Crippen LogP) is 4.83. The van der Waals surface area contributed by atoms with Gasteiger partial charge in [-0.05, 0) is 55.5 Å². The number of ether oxygens (including phenoxy) is 1. The molecule has 1 N–H and O–H groups in total. The normalized spacial score (nSPS) is 12.1. The summed E-state index contributed by atoms with van der Waals surface area (Å²) in [7, 11) is 1.66. The lowest BCUT2D eigenvalue weighted by Crippen LogP contribution is -2.30. The van der Waals surface area contributed by atoms with E-state index >= 15 is 0 Å². The standard InChI is InChI=1S/C21H27NO2/c1-14(2)12-20(17-7-9-18(24-5)10-8-17)22-21(23)19-11-6-15(3)13-16(19)4/h6-11,13-14,20H,12H2,1-5H3,(H,22,23). The van der Waals surface area contributed by atoms with Crippen LogP contribution >= 0.6 is 0 Å². The number of hydrogen-bond acceptors (Lipinski definition) is 2. The van der Waals surface area contributed by atoms with Gasteiger partial charge in [0, 0.05) is 5.56 Å². The Bertz CT molecular complexity index is 689. The first-order chi connectivity index (χ1) is 11.4. The number of hydrogen-bond donors (Lipinski definition) is 1. The number of carbonyl (C=O) groups is 1. The van der Waals surface area contributed by atoms with Gasteiger partial charge in [-0.3, -0.25) is 4.79 Å². The molecule has 0 saturated carbocycles. The number of amides is 1. The maximum atomic E-state index is 12.7. The second-order valence-electron chi connectivity index (χ2n) is 6.75. The van der Waals surface area contributed by atoms with Crippen LogP contribution in [0.15, 0.2) is 42.5 Å². The Kier molecular flexibility index (Phi) is 6.02. The summed E-state index contributed by atoms with van der Waals surface area (Å²) in [5, 5.41) is 3.20. The number of rotatable bonds is 6. The van der Waals surface area contributed by atoms with Gasteiger partial charge in [0.1, 0.15) is 5.75 Å². The van der Waals surface area contributed by atoms with Crippen LogP contribution in [0.1, 0.15) is 53.4 Å². The molecule has 24 heavy (non-hydrogen) atoms. The fourth-order valence-electron chi connectivity index (χ4n) is 2.89. The van der Waals surface area contributed by atoms with Crippen molar-refractivity contribution in [2.45, 2.75) is 40.2 Å². The van der Waals surface area contributed by atoms with Crippen LogP contribution in [0.2, 0.25) is 0 Å². The number of methoxy groups -OCH3 is 1. The molecule has 2 aromatic rings. The van der Waals surface area contributed by atoms with Crippen LogP contribution < -0.4 is 10.1 Å². The second-order valence-corrected chi connectivity index (χ2v) is 6.75. The van der Waals surface area contributed by atoms with Gasteiger partial charge in [-0.25, -0.2) is 0 Å². The molecule has 0 saturated heterocycles. The zero-order valence-corrected chi connectivity index (χ0v) is 15.2. The highest BCUT2D eigenvalue weighted by molar-refractivity contribution is 5.95. The number of nitrogens with one attached hydrogen (secondary N) is 1. The Morgan fingerprint density at radius 3 is 2.29 bits per heavy atom. The average molecular weight is 325 g/mol. The van der Waals surface area contributed by atoms with Crippen molar-refractivity contribution in [3.63, 3.8) is 0 Å². The SMILES string of the molecule is COc1ccc(C(CC(C)C)NC(=O)c2ccc(C)cc2C)cc1. The second kappa shape index (κ2) is 8.00. The summed E-state index contributed by atoms with van der Waals surface area (Å²) in [5.74, 6) is 1.29. The molecule has 0 aliphatic carbocycles. The van der Waals surface area contributed by atoms with E-state index in [2.05, 4.69) is 19.2 Å². The minimum atomic E-state index is -0.0195. The highest BCUT2D eigenvalue weighted by atomic mass is 16.5. The minimum absolute atomic E-state index is 0.0101. The predicted molar refractivity (Wildman–Crippen MR) is 98.6 cm³/mol. The van der Waals surface area contributed by atoms with Crippen LogP contribution in [0, 0.1) is 19.8 Å². The topological polar surface area (TPSA) is 38.3 Å². The fourth-order valence-corrected chi connectivity index (χ4v) is 2.89. The van der Waals surface area contributed by atoms with Crippen LogP contribution in [-0.4, -0.2) is 13.0 Å². The van der Waals surface area contributed by atoms with Gasteiger partial charge in [-0.1, -0.05) is 43.7 Å². The summed E-state index contributed by atoms with van der Waals surface area (Å²) in [6, 6.07) is 13.8. The molecule has 0 aromatic heterocycles. The van der Waals surface area contributed by atoms with E-state index in [9.17, 15) is 4.79 Å². The summed E-state index contributed by atoms with van der Waals surface area (Å²) in [4.78, 5) is 12.7. The van der Waals surface area contributed by atoms with Gasteiger partial charge in [0.05, 0.1) is 13.2 Å². The monoisotopic (exact) mass is 325 g/mol. The lowest BCUT2D eigenvalue weighted by atomic mass is 9.96. The van der Waals surface area contributed by atoms with Gasteiger partial charge in [0.25, 0.3) is 5.91 Å². The van der Waals surface area contributed by atoms with Crippen molar-refractivity contribution in [1.29, 1.82) is 0 Å². The average Bonchev–Trinajstić information content (AvgIpc) is 2.53. The molecular weight excluding hydrogens is 298 g/mol. The zero-order valence-electron chi connectivity index (χ0n) is 15.2. The summed E-state index contributed by atoms with van der Waals surface area (Å²) in [6.07, 6.45) is 0.892. The number of benzene rings is 2. The molecule has 0 bridgehead atoms. The number of carbonyl (C=O) groups excluding carboxylic acids is 1. The first-order valence-corrected chi connectivity index (χ1v) is 8.42. The molecule has 0 aliphatic rings. The van der Waals surface area contributed by atoms with E-state index < -0.39 is 0 Å². The van der Waals surface area contributed by atoms with Gasteiger partial charge in [0.2, 0.25) is 0 Å². The molecule has 2 rings (SSSR count). The lowest BCUT2D eigenvalue weighted by Gasteiger charge is -2.22. The van der Waals surface area contributed by atoms with E-state index in [1.807, 2.05) is 56.3 Å². The van der Waals surface area contributed by atoms with Crippen molar-refractivity contribution in [3.8, 4) is 5.75 Å². The van der Waals surface area contributed by atoms with Crippen LogP contribution in [0.4, 0.5) is 0 Å². The quantitative estimate of drug-likeness (QED) is 0.826. The molecule has 0 fully saturated rings. The molecule has 2 aromatic carbocycles. The smallest absolute Gasteiger partial charge is 0.252 e. The molecule has 3 heteroatoms. The van der Waals surface area contributed by atoms with Crippen molar-refractivity contribution in [3.05, 3.63) is 64.7 Å². The van der Waals surface area contributed by atoms with Crippen molar-refractivity contribution in [1.82, 2.24) is 5.32 Å². The summed E-state index contributed by atoms with van der Waals surface area (Å²) in [5.41, 5.74) is 4.01. The molecule has 1 unspecified atom stereocenters. The molecule has 0 aliphatic heterocycles. The maximum Gasteiger partial charge on any atom is 0.252 e.